The Morgan fingerprint density at radius 2 is 2.11 bits per heavy atom. The molecule has 0 radical (unpaired) electrons. The van der Waals surface area contributed by atoms with Crippen LogP contribution in [0.1, 0.15) is 41.6 Å². The van der Waals surface area contributed by atoms with E-state index in [2.05, 4.69) is 21.2 Å². The summed E-state index contributed by atoms with van der Waals surface area (Å²) in [6.45, 7) is 2.48. The van der Waals surface area contributed by atoms with Gasteiger partial charge in [-0.25, -0.2) is 4.39 Å². The number of hydrogen-bond donors (Lipinski definition) is 1. The molecular weight excluding hydrogens is 309 g/mol. The highest BCUT2D eigenvalue weighted by Gasteiger charge is 2.33. The number of hydrogen-bond acceptors (Lipinski definition) is 1. The van der Waals surface area contributed by atoms with Crippen LogP contribution in [0, 0.1) is 18.2 Å². The van der Waals surface area contributed by atoms with Crippen molar-refractivity contribution in [2.24, 2.45) is 5.41 Å². The van der Waals surface area contributed by atoms with Crippen LogP contribution >= 0.6 is 15.9 Å². The molecule has 0 aromatic heterocycles. The largest absolute Gasteiger partial charge is 0.351 e. The molecule has 0 heterocycles. The van der Waals surface area contributed by atoms with Gasteiger partial charge in [0, 0.05) is 17.4 Å². The highest BCUT2D eigenvalue weighted by atomic mass is 79.9. The summed E-state index contributed by atoms with van der Waals surface area (Å²) in [7, 11) is 0. The van der Waals surface area contributed by atoms with E-state index in [9.17, 15) is 9.18 Å². The Morgan fingerprint density at radius 1 is 1.42 bits per heavy atom. The van der Waals surface area contributed by atoms with Crippen LogP contribution in [0.2, 0.25) is 0 Å². The van der Waals surface area contributed by atoms with Crippen molar-refractivity contribution in [3.8, 4) is 0 Å². The molecule has 1 aliphatic carbocycles. The Balaban J connectivity index is 2.03. The maximum atomic E-state index is 13.2. The Labute approximate surface area is 121 Å². The van der Waals surface area contributed by atoms with Gasteiger partial charge in [0.25, 0.3) is 5.91 Å². The molecule has 0 unspecified atom stereocenters. The van der Waals surface area contributed by atoms with Crippen molar-refractivity contribution in [2.75, 3.05) is 11.9 Å². The first kappa shape index (κ1) is 14.5. The fraction of sp³-hybridized carbons (Fsp3) is 0.533. The minimum Gasteiger partial charge on any atom is -0.351 e. The Kier molecular flexibility index (Phi) is 4.61. The second-order valence-electron chi connectivity index (χ2n) is 5.48. The molecule has 1 amide bonds. The van der Waals surface area contributed by atoms with Crippen molar-refractivity contribution in [2.45, 2.75) is 32.6 Å². The van der Waals surface area contributed by atoms with E-state index in [1.807, 2.05) is 6.92 Å². The number of nitrogens with one attached hydrogen (secondary N) is 1. The van der Waals surface area contributed by atoms with Crippen LogP contribution in [-0.2, 0) is 0 Å². The molecule has 19 heavy (non-hydrogen) atoms. The molecule has 104 valence electrons. The zero-order chi connectivity index (χ0) is 13.9. The molecular formula is C15H19BrFNO. The maximum absolute atomic E-state index is 13.2. The van der Waals surface area contributed by atoms with Crippen molar-refractivity contribution < 1.29 is 9.18 Å². The summed E-state index contributed by atoms with van der Waals surface area (Å²) in [4.78, 5) is 12.1. The molecule has 1 saturated carbocycles. The first-order valence-electron chi connectivity index (χ1n) is 6.67. The zero-order valence-electron chi connectivity index (χ0n) is 11.1. The lowest BCUT2D eigenvalue weighted by Gasteiger charge is -2.26. The molecule has 4 heteroatoms. The third-order valence-corrected chi connectivity index (χ3v) is 5.21. The van der Waals surface area contributed by atoms with E-state index in [0.717, 1.165) is 23.7 Å². The van der Waals surface area contributed by atoms with E-state index in [-0.39, 0.29) is 17.1 Å². The van der Waals surface area contributed by atoms with Gasteiger partial charge in [0.05, 0.1) is 0 Å². The number of halogens is 2. The summed E-state index contributed by atoms with van der Waals surface area (Å²) >= 11 is 3.55. The van der Waals surface area contributed by atoms with Crippen molar-refractivity contribution in [1.82, 2.24) is 5.32 Å². The van der Waals surface area contributed by atoms with Crippen molar-refractivity contribution in [3.05, 3.63) is 35.1 Å². The lowest BCUT2D eigenvalue weighted by atomic mass is 9.88. The summed E-state index contributed by atoms with van der Waals surface area (Å²) in [6, 6.07) is 4.32. The maximum Gasteiger partial charge on any atom is 0.251 e. The molecule has 1 N–H and O–H groups in total. The molecule has 2 nitrogen and oxygen atoms in total. The Bertz CT molecular complexity index is 469. The fourth-order valence-electron chi connectivity index (χ4n) is 2.68. The summed E-state index contributed by atoms with van der Waals surface area (Å²) in [6.07, 6.45) is 4.72. The van der Waals surface area contributed by atoms with E-state index in [1.54, 1.807) is 6.07 Å². The second kappa shape index (κ2) is 6.04. The predicted molar refractivity (Wildman–Crippen MR) is 78.2 cm³/mol. The number of carbonyl (C=O) groups is 1. The first-order chi connectivity index (χ1) is 9.06. The molecule has 1 aliphatic rings. The molecule has 1 fully saturated rings. The zero-order valence-corrected chi connectivity index (χ0v) is 12.7. The van der Waals surface area contributed by atoms with Crippen LogP contribution in [0.5, 0.6) is 0 Å². The molecule has 0 atom stereocenters. The summed E-state index contributed by atoms with van der Waals surface area (Å²) in [5, 5.41) is 3.87. The quantitative estimate of drug-likeness (QED) is 0.837. The van der Waals surface area contributed by atoms with E-state index in [4.69, 9.17) is 0 Å². The summed E-state index contributed by atoms with van der Waals surface area (Å²) in [5.74, 6) is -0.545. The van der Waals surface area contributed by atoms with Crippen LogP contribution in [0.15, 0.2) is 18.2 Å². The summed E-state index contributed by atoms with van der Waals surface area (Å²) in [5.41, 5.74) is 1.41. The minimum absolute atomic E-state index is 0.177. The first-order valence-corrected chi connectivity index (χ1v) is 7.79. The van der Waals surface area contributed by atoms with Crippen molar-refractivity contribution in [1.29, 1.82) is 0 Å². The number of alkyl halides is 1. The SMILES string of the molecule is Cc1ccc(F)cc1C(=O)NCC1(CBr)CCCC1. The van der Waals surface area contributed by atoms with Crippen LogP contribution in [0.3, 0.4) is 0 Å². The van der Waals surface area contributed by atoms with E-state index in [1.165, 1.54) is 25.0 Å². The van der Waals surface area contributed by atoms with Gasteiger partial charge >= 0.3 is 0 Å². The van der Waals surface area contributed by atoms with Gasteiger partial charge in [-0.05, 0) is 42.9 Å². The van der Waals surface area contributed by atoms with Crippen LogP contribution in [0.4, 0.5) is 4.39 Å². The van der Waals surface area contributed by atoms with Gasteiger partial charge in [-0.1, -0.05) is 34.8 Å². The lowest BCUT2D eigenvalue weighted by Crippen LogP contribution is -2.37. The average Bonchev–Trinajstić information content (AvgIpc) is 2.88. The van der Waals surface area contributed by atoms with Gasteiger partial charge in [0.1, 0.15) is 5.82 Å². The average molecular weight is 328 g/mol. The predicted octanol–water partition coefficient (Wildman–Crippen LogP) is 3.82. The van der Waals surface area contributed by atoms with Crippen molar-refractivity contribution in [3.63, 3.8) is 0 Å². The fourth-order valence-corrected chi connectivity index (χ4v) is 3.44. The van der Waals surface area contributed by atoms with Crippen molar-refractivity contribution >= 4 is 21.8 Å². The Morgan fingerprint density at radius 3 is 2.74 bits per heavy atom. The standard InChI is InChI=1S/C15H19BrFNO/c1-11-4-5-12(17)8-13(11)14(19)18-10-15(9-16)6-2-3-7-15/h4-5,8H,2-3,6-7,9-10H2,1H3,(H,18,19). The van der Waals surface area contributed by atoms with E-state index in [0.29, 0.717) is 12.1 Å². The van der Waals surface area contributed by atoms with Gasteiger partial charge in [-0.3, -0.25) is 4.79 Å². The van der Waals surface area contributed by atoms with Crippen LogP contribution in [-0.4, -0.2) is 17.8 Å². The van der Waals surface area contributed by atoms with Gasteiger partial charge in [-0.2, -0.15) is 0 Å². The minimum atomic E-state index is -0.369. The topological polar surface area (TPSA) is 29.1 Å². The van der Waals surface area contributed by atoms with Gasteiger partial charge in [0.15, 0.2) is 0 Å². The van der Waals surface area contributed by atoms with E-state index >= 15 is 0 Å². The lowest BCUT2D eigenvalue weighted by molar-refractivity contribution is 0.0934. The smallest absolute Gasteiger partial charge is 0.251 e. The highest BCUT2D eigenvalue weighted by molar-refractivity contribution is 9.09. The normalized spacial score (nSPS) is 17.4. The summed E-state index contributed by atoms with van der Waals surface area (Å²) < 4.78 is 13.2. The van der Waals surface area contributed by atoms with Crippen LogP contribution in [0.25, 0.3) is 0 Å². The molecule has 0 saturated heterocycles. The van der Waals surface area contributed by atoms with Gasteiger partial charge in [0.2, 0.25) is 0 Å². The monoisotopic (exact) mass is 327 g/mol. The Hall–Kier alpha value is -0.900. The number of carbonyl (C=O) groups excluding carboxylic acids is 1. The molecule has 0 aliphatic heterocycles. The molecule has 2 rings (SSSR count). The van der Waals surface area contributed by atoms with Crippen LogP contribution < -0.4 is 5.32 Å². The number of amides is 1. The van der Waals surface area contributed by atoms with Gasteiger partial charge in [-0.15, -0.1) is 0 Å². The molecule has 1 aromatic carbocycles. The number of rotatable bonds is 4. The molecule has 0 bridgehead atoms. The third-order valence-electron chi connectivity index (χ3n) is 4.02. The van der Waals surface area contributed by atoms with Gasteiger partial charge < -0.3 is 5.32 Å². The highest BCUT2D eigenvalue weighted by Crippen LogP contribution is 2.39. The second-order valence-corrected chi connectivity index (χ2v) is 6.04. The number of benzene rings is 1. The van der Waals surface area contributed by atoms with E-state index < -0.39 is 0 Å². The third kappa shape index (κ3) is 3.35. The number of aryl methyl sites for hydroxylation is 1. The molecule has 0 spiro atoms. The molecule has 1 aromatic rings.